The Bertz CT molecular complexity index is 1300. The number of morpholine rings is 1. The van der Waals surface area contributed by atoms with E-state index in [1.807, 2.05) is 24.3 Å². The Morgan fingerprint density at radius 2 is 1.75 bits per heavy atom. The van der Waals surface area contributed by atoms with Crippen molar-refractivity contribution in [3.05, 3.63) is 63.5 Å². The smallest absolute Gasteiger partial charge is 0.281 e. The zero-order chi connectivity index (χ0) is 22.9. The first-order chi connectivity index (χ1) is 15.3. The quantitative estimate of drug-likeness (QED) is 0.544. The normalized spacial score (nSPS) is 14.9. The molecule has 1 aliphatic heterocycles. The van der Waals surface area contributed by atoms with Gasteiger partial charge in [0.25, 0.3) is 11.8 Å². The molecular formula is C21H20ClN3O5S2. The van der Waals surface area contributed by atoms with Gasteiger partial charge in [0.15, 0.2) is 0 Å². The third kappa shape index (κ3) is 4.37. The van der Waals surface area contributed by atoms with Crippen LogP contribution in [0.3, 0.4) is 0 Å². The van der Waals surface area contributed by atoms with Gasteiger partial charge in [0.05, 0.1) is 23.1 Å². The average Bonchev–Trinajstić information content (AvgIpc) is 3.14. The van der Waals surface area contributed by atoms with Crippen LogP contribution in [0.5, 0.6) is 0 Å². The summed E-state index contributed by atoms with van der Waals surface area (Å²) in [5, 5.41) is 1.07. The molecule has 0 bridgehead atoms. The first kappa shape index (κ1) is 22.7. The summed E-state index contributed by atoms with van der Waals surface area (Å²) in [6, 6.07) is 11.7. The minimum absolute atomic E-state index is 0.00836. The molecule has 0 aliphatic carbocycles. The number of hydrazine groups is 1. The van der Waals surface area contributed by atoms with Gasteiger partial charge in [-0.15, -0.1) is 11.3 Å². The lowest BCUT2D eigenvalue weighted by atomic mass is 10.1. The molecule has 32 heavy (non-hydrogen) atoms. The number of nitrogens with one attached hydrogen (secondary N) is 2. The number of halogens is 1. The monoisotopic (exact) mass is 493 g/mol. The van der Waals surface area contributed by atoms with Crippen LogP contribution >= 0.6 is 22.9 Å². The summed E-state index contributed by atoms with van der Waals surface area (Å²) in [7, 11) is -3.76. The molecule has 0 saturated carbocycles. The Morgan fingerprint density at radius 1 is 1.06 bits per heavy atom. The van der Waals surface area contributed by atoms with Crippen LogP contribution in [0.1, 0.15) is 25.6 Å². The minimum Gasteiger partial charge on any atom is -0.379 e. The Kier molecular flexibility index (Phi) is 6.50. The second-order valence-electron chi connectivity index (χ2n) is 7.14. The van der Waals surface area contributed by atoms with Gasteiger partial charge in [-0.1, -0.05) is 35.9 Å². The van der Waals surface area contributed by atoms with Gasteiger partial charge >= 0.3 is 0 Å². The summed E-state index contributed by atoms with van der Waals surface area (Å²) in [6.07, 6.45) is 0. The van der Waals surface area contributed by atoms with Crippen LogP contribution in [0, 0.1) is 6.92 Å². The maximum Gasteiger partial charge on any atom is 0.281 e. The van der Waals surface area contributed by atoms with E-state index in [0.717, 1.165) is 10.1 Å². The molecule has 2 aromatic carbocycles. The number of benzene rings is 2. The molecule has 0 radical (unpaired) electrons. The van der Waals surface area contributed by atoms with Gasteiger partial charge in [-0.05, 0) is 30.7 Å². The molecule has 2 N–H and O–H groups in total. The molecule has 2 heterocycles. The van der Waals surface area contributed by atoms with Crippen LogP contribution in [0.25, 0.3) is 10.1 Å². The van der Waals surface area contributed by atoms with Crippen molar-refractivity contribution in [2.24, 2.45) is 0 Å². The fourth-order valence-electron chi connectivity index (χ4n) is 3.34. The van der Waals surface area contributed by atoms with Crippen LogP contribution in [0.2, 0.25) is 5.02 Å². The lowest BCUT2D eigenvalue weighted by Gasteiger charge is -2.26. The molecule has 1 aromatic heterocycles. The fraction of sp³-hybridized carbons (Fsp3) is 0.238. The highest BCUT2D eigenvalue weighted by molar-refractivity contribution is 7.89. The average molecular weight is 494 g/mol. The Labute approximate surface area is 194 Å². The number of fused-ring (bicyclic) bond motifs is 1. The first-order valence-corrected chi connectivity index (χ1v) is 12.4. The summed E-state index contributed by atoms with van der Waals surface area (Å²) < 4.78 is 33.2. The molecule has 0 spiro atoms. The van der Waals surface area contributed by atoms with Crippen molar-refractivity contribution < 1.29 is 22.7 Å². The summed E-state index contributed by atoms with van der Waals surface area (Å²) in [5.41, 5.74) is 5.42. The van der Waals surface area contributed by atoms with Crippen LogP contribution in [0.15, 0.2) is 47.4 Å². The molecule has 0 atom stereocenters. The lowest BCUT2D eigenvalue weighted by molar-refractivity contribution is 0.0730. The van der Waals surface area contributed by atoms with Gasteiger partial charge in [0, 0.05) is 28.7 Å². The number of hydrogen-bond donors (Lipinski definition) is 2. The topological polar surface area (TPSA) is 105 Å². The zero-order valence-corrected chi connectivity index (χ0v) is 19.4. The molecule has 4 rings (SSSR count). The van der Waals surface area contributed by atoms with Crippen molar-refractivity contribution >= 4 is 54.9 Å². The molecule has 1 aliphatic rings. The summed E-state index contributed by atoms with van der Waals surface area (Å²) in [4.78, 5) is 25.6. The minimum atomic E-state index is -3.76. The largest absolute Gasteiger partial charge is 0.379 e. The van der Waals surface area contributed by atoms with Gasteiger partial charge in [-0.25, -0.2) is 8.42 Å². The number of aryl methyl sites for hydroxylation is 1. The second kappa shape index (κ2) is 9.16. The molecule has 2 amide bonds. The van der Waals surface area contributed by atoms with Crippen LogP contribution in [0.4, 0.5) is 0 Å². The highest BCUT2D eigenvalue weighted by atomic mass is 35.5. The molecule has 168 valence electrons. The van der Waals surface area contributed by atoms with E-state index < -0.39 is 21.8 Å². The van der Waals surface area contributed by atoms with Crippen molar-refractivity contribution in [2.45, 2.75) is 11.8 Å². The molecule has 3 aromatic rings. The van der Waals surface area contributed by atoms with E-state index in [9.17, 15) is 18.0 Å². The third-order valence-corrected chi connectivity index (χ3v) is 8.66. The van der Waals surface area contributed by atoms with E-state index in [1.54, 1.807) is 13.0 Å². The van der Waals surface area contributed by atoms with E-state index >= 15 is 0 Å². The van der Waals surface area contributed by atoms with Gasteiger partial charge < -0.3 is 4.74 Å². The number of nitrogens with zero attached hydrogens (tertiary/aromatic N) is 1. The molecular weight excluding hydrogens is 474 g/mol. The van der Waals surface area contributed by atoms with E-state index in [2.05, 4.69) is 10.9 Å². The molecule has 8 nitrogen and oxygen atoms in total. The van der Waals surface area contributed by atoms with Crippen molar-refractivity contribution in [1.82, 2.24) is 15.2 Å². The first-order valence-electron chi connectivity index (χ1n) is 9.75. The molecule has 1 fully saturated rings. The van der Waals surface area contributed by atoms with Gasteiger partial charge in [0.2, 0.25) is 10.0 Å². The predicted molar refractivity (Wildman–Crippen MR) is 123 cm³/mol. The highest BCUT2D eigenvalue weighted by Crippen LogP contribution is 2.34. The van der Waals surface area contributed by atoms with Crippen LogP contribution in [-0.2, 0) is 14.8 Å². The molecule has 1 saturated heterocycles. The van der Waals surface area contributed by atoms with E-state index in [1.165, 1.54) is 27.8 Å². The second-order valence-corrected chi connectivity index (χ2v) is 10.5. The van der Waals surface area contributed by atoms with Crippen molar-refractivity contribution in [3.63, 3.8) is 0 Å². The number of amides is 2. The predicted octanol–water partition coefficient (Wildman–Crippen LogP) is 2.96. The number of carbonyl (C=O) groups is 2. The maximum absolute atomic E-state index is 12.9. The number of sulfonamides is 1. The third-order valence-electron chi connectivity index (χ3n) is 5.09. The molecule has 11 heteroatoms. The van der Waals surface area contributed by atoms with E-state index in [4.69, 9.17) is 16.3 Å². The van der Waals surface area contributed by atoms with Gasteiger partial charge in [-0.2, -0.15) is 4.31 Å². The number of ether oxygens (including phenoxy) is 1. The standard InChI is InChI=1S/C21H20ClN3O5S2/c1-13-6-7-14(32(28,29)25-8-10-30-11-9-25)12-16(13)20(26)23-24-21(27)19-18(22)15-4-2-3-5-17(15)31-19/h2-7,12H,8-11H2,1H3,(H,23,26)(H,24,27). The van der Waals surface area contributed by atoms with Crippen LogP contribution < -0.4 is 10.9 Å². The van der Waals surface area contributed by atoms with Crippen molar-refractivity contribution in [2.75, 3.05) is 26.3 Å². The highest BCUT2D eigenvalue weighted by Gasteiger charge is 2.27. The number of hydrogen-bond acceptors (Lipinski definition) is 6. The van der Waals surface area contributed by atoms with Gasteiger partial charge in [-0.3, -0.25) is 20.4 Å². The number of rotatable bonds is 4. The fourth-order valence-corrected chi connectivity index (χ4v) is 6.19. The Morgan fingerprint density at radius 3 is 2.47 bits per heavy atom. The summed E-state index contributed by atoms with van der Waals surface area (Å²) >= 11 is 7.52. The summed E-state index contributed by atoms with van der Waals surface area (Å²) in [6.45, 7) is 2.84. The zero-order valence-electron chi connectivity index (χ0n) is 17.1. The van der Waals surface area contributed by atoms with Crippen LogP contribution in [-0.4, -0.2) is 50.8 Å². The maximum atomic E-state index is 12.9. The van der Waals surface area contributed by atoms with E-state index in [-0.39, 0.29) is 28.4 Å². The van der Waals surface area contributed by atoms with Crippen molar-refractivity contribution in [3.8, 4) is 0 Å². The number of thiophene rings is 1. The lowest BCUT2D eigenvalue weighted by Crippen LogP contribution is -2.42. The Balaban J connectivity index is 1.51. The number of carbonyl (C=O) groups excluding carboxylic acids is 2. The molecule has 0 unspecified atom stereocenters. The van der Waals surface area contributed by atoms with Crippen molar-refractivity contribution in [1.29, 1.82) is 0 Å². The van der Waals surface area contributed by atoms with E-state index in [0.29, 0.717) is 23.8 Å². The van der Waals surface area contributed by atoms with Gasteiger partial charge in [0.1, 0.15) is 4.88 Å². The Hall–Kier alpha value is -2.50. The summed E-state index contributed by atoms with van der Waals surface area (Å²) in [5.74, 6) is -1.19. The SMILES string of the molecule is Cc1ccc(S(=O)(=O)N2CCOCC2)cc1C(=O)NNC(=O)c1sc2ccccc2c1Cl.